The molecular weight excluding hydrogens is 392 g/mol. The zero-order chi connectivity index (χ0) is 21.5. The van der Waals surface area contributed by atoms with Crippen LogP contribution in [0.4, 0.5) is 13.6 Å². The summed E-state index contributed by atoms with van der Waals surface area (Å²) in [6.45, 7) is 2.27. The summed E-state index contributed by atoms with van der Waals surface area (Å²) in [5, 5.41) is 2.74. The van der Waals surface area contributed by atoms with Crippen molar-refractivity contribution in [2.45, 2.75) is 31.8 Å². The van der Waals surface area contributed by atoms with Crippen LogP contribution in [0.15, 0.2) is 42.5 Å². The number of nitrogens with zero attached hydrogens (tertiary/aromatic N) is 2. The third-order valence-corrected chi connectivity index (χ3v) is 5.65. The molecule has 2 fully saturated rings. The second-order valence-corrected chi connectivity index (χ2v) is 7.84. The van der Waals surface area contributed by atoms with E-state index in [1.165, 1.54) is 4.90 Å². The topological polar surface area (TPSA) is 69.7 Å². The summed E-state index contributed by atoms with van der Waals surface area (Å²) in [5.41, 5.74) is 0.241. The number of benzene rings is 2. The SMILES string of the molecule is Cc1ccc(CN2C(=O)N[C@]3(CCCN(C(=O)c4cc(F)ccc4F)C3)C2=O)cc1. The molecule has 4 rings (SSSR count). The molecule has 1 atom stereocenters. The van der Waals surface area contributed by atoms with Gasteiger partial charge in [0.15, 0.2) is 0 Å². The van der Waals surface area contributed by atoms with E-state index in [4.69, 9.17) is 0 Å². The normalized spacial score (nSPS) is 21.3. The van der Waals surface area contributed by atoms with Crippen molar-refractivity contribution in [2.75, 3.05) is 13.1 Å². The van der Waals surface area contributed by atoms with Crippen LogP contribution in [0.1, 0.15) is 34.3 Å². The summed E-state index contributed by atoms with van der Waals surface area (Å²) in [6.07, 6.45) is 0.824. The van der Waals surface area contributed by atoms with Crippen molar-refractivity contribution in [1.29, 1.82) is 0 Å². The van der Waals surface area contributed by atoms with Crippen LogP contribution in [-0.4, -0.2) is 46.3 Å². The molecule has 2 aliphatic rings. The number of aryl methyl sites for hydroxylation is 1. The number of halogens is 2. The average Bonchev–Trinajstić information content (AvgIpc) is 2.94. The predicted octanol–water partition coefficient (Wildman–Crippen LogP) is 3.00. The molecule has 2 aliphatic heterocycles. The van der Waals surface area contributed by atoms with Crippen LogP contribution >= 0.6 is 0 Å². The summed E-state index contributed by atoms with van der Waals surface area (Å²) >= 11 is 0. The fourth-order valence-corrected chi connectivity index (χ4v) is 4.03. The Balaban J connectivity index is 1.54. The first kappa shape index (κ1) is 20.0. The maximum absolute atomic E-state index is 14.1. The maximum atomic E-state index is 14.1. The third kappa shape index (κ3) is 3.53. The van der Waals surface area contributed by atoms with Gasteiger partial charge in [-0.25, -0.2) is 13.6 Å². The Kier molecular flexibility index (Phi) is 5.01. The summed E-state index contributed by atoms with van der Waals surface area (Å²) in [7, 11) is 0. The van der Waals surface area contributed by atoms with Gasteiger partial charge in [-0.3, -0.25) is 14.5 Å². The van der Waals surface area contributed by atoms with E-state index in [-0.39, 0.29) is 25.2 Å². The molecule has 6 nitrogen and oxygen atoms in total. The number of likely N-dealkylation sites (tertiary alicyclic amines) is 1. The third-order valence-electron chi connectivity index (χ3n) is 5.65. The van der Waals surface area contributed by atoms with Gasteiger partial charge in [-0.15, -0.1) is 0 Å². The number of imide groups is 1. The predicted molar refractivity (Wildman–Crippen MR) is 104 cm³/mol. The van der Waals surface area contributed by atoms with Gasteiger partial charge in [0.2, 0.25) is 0 Å². The van der Waals surface area contributed by atoms with Crippen LogP contribution in [0.5, 0.6) is 0 Å². The van der Waals surface area contributed by atoms with Crippen molar-refractivity contribution < 1.29 is 23.2 Å². The summed E-state index contributed by atoms with van der Waals surface area (Å²) in [5.74, 6) is -2.67. The molecule has 0 unspecified atom stereocenters. The standard InChI is InChI=1S/C22H21F2N3O3/c1-14-3-5-15(6-4-14)12-27-20(29)22(25-21(27)30)9-2-10-26(13-22)19(28)17-11-16(23)7-8-18(17)24/h3-8,11H,2,9-10,12-13H2,1H3,(H,25,30)/t22-/m0/s1. The maximum Gasteiger partial charge on any atom is 0.325 e. The number of hydrogen-bond donors (Lipinski definition) is 1. The molecule has 156 valence electrons. The Hall–Kier alpha value is -3.29. The number of carbonyl (C=O) groups excluding carboxylic acids is 3. The van der Waals surface area contributed by atoms with Crippen LogP contribution in [0, 0.1) is 18.6 Å². The van der Waals surface area contributed by atoms with E-state index in [0.717, 1.165) is 34.2 Å². The number of nitrogens with one attached hydrogen (secondary N) is 1. The molecule has 1 N–H and O–H groups in total. The number of piperidine rings is 1. The Morgan fingerprint density at radius 2 is 1.87 bits per heavy atom. The zero-order valence-corrected chi connectivity index (χ0v) is 16.5. The Labute approximate surface area is 172 Å². The minimum absolute atomic E-state index is 0.0865. The highest BCUT2D eigenvalue weighted by molar-refractivity contribution is 6.07. The molecule has 1 spiro atoms. The lowest BCUT2D eigenvalue weighted by Gasteiger charge is -2.38. The van der Waals surface area contributed by atoms with Crippen molar-refractivity contribution in [3.63, 3.8) is 0 Å². The van der Waals surface area contributed by atoms with E-state index >= 15 is 0 Å². The first-order valence-corrected chi connectivity index (χ1v) is 9.73. The van der Waals surface area contributed by atoms with Gasteiger partial charge in [-0.2, -0.15) is 0 Å². The Morgan fingerprint density at radius 3 is 2.60 bits per heavy atom. The first-order chi connectivity index (χ1) is 14.3. The van der Waals surface area contributed by atoms with Crippen LogP contribution in [0.2, 0.25) is 0 Å². The summed E-state index contributed by atoms with van der Waals surface area (Å²) in [4.78, 5) is 40.9. The average molecular weight is 413 g/mol. The molecule has 0 aromatic heterocycles. The lowest BCUT2D eigenvalue weighted by molar-refractivity contribution is -0.133. The molecule has 0 saturated carbocycles. The van der Waals surface area contributed by atoms with Crippen LogP contribution < -0.4 is 5.32 Å². The van der Waals surface area contributed by atoms with E-state index in [2.05, 4.69) is 5.32 Å². The first-order valence-electron chi connectivity index (χ1n) is 9.73. The van der Waals surface area contributed by atoms with Gasteiger partial charge in [-0.05, 0) is 43.5 Å². The van der Waals surface area contributed by atoms with Crippen molar-refractivity contribution in [3.8, 4) is 0 Å². The van der Waals surface area contributed by atoms with Gasteiger partial charge >= 0.3 is 6.03 Å². The number of urea groups is 1. The number of amides is 4. The lowest BCUT2D eigenvalue weighted by Crippen LogP contribution is -2.59. The van der Waals surface area contributed by atoms with Gasteiger partial charge in [-0.1, -0.05) is 29.8 Å². The fraction of sp³-hybridized carbons (Fsp3) is 0.318. The van der Waals surface area contributed by atoms with Gasteiger partial charge < -0.3 is 10.2 Å². The van der Waals surface area contributed by atoms with E-state index < -0.39 is 35.0 Å². The molecule has 4 amide bonds. The molecule has 2 saturated heterocycles. The highest BCUT2D eigenvalue weighted by atomic mass is 19.1. The van der Waals surface area contributed by atoms with Crippen LogP contribution in [-0.2, 0) is 11.3 Å². The summed E-state index contributed by atoms with van der Waals surface area (Å²) < 4.78 is 27.6. The molecule has 30 heavy (non-hydrogen) atoms. The minimum Gasteiger partial charge on any atom is -0.336 e. The molecule has 8 heteroatoms. The molecule has 2 aromatic rings. The molecule has 0 aliphatic carbocycles. The number of rotatable bonds is 3. The zero-order valence-electron chi connectivity index (χ0n) is 16.5. The minimum atomic E-state index is -1.25. The van der Waals surface area contributed by atoms with Crippen molar-refractivity contribution in [2.24, 2.45) is 0 Å². The number of carbonyl (C=O) groups is 3. The highest BCUT2D eigenvalue weighted by Gasteiger charge is 2.53. The number of hydrogen-bond acceptors (Lipinski definition) is 3. The van der Waals surface area contributed by atoms with E-state index in [9.17, 15) is 23.2 Å². The van der Waals surface area contributed by atoms with E-state index in [0.29, 0.717) is 12.8 Å². The van der Waals surface area contributed by atoms with Crippen molar-refractivity contribution >= 4 is 17.8 Å². The fourth-order valence-electron chi connectivity index (χ4n) is 4.03. The summed E-state index contributed by atoms with van der Waals surface area (Å²) in [6, 6.07) is 9.66. The largest absolute Gasteiger partial charge is 0.336 e. The van der Waals surface area contributed by atoms with Gasteiger partial charge in [0, 0.05) is 6.54 Å². The van der Waals surface area contributed by atoms with Crippen molar-refractivity contribution in [1.82, 2.24) is 15.1 Å². The lowest BCUT2D eigenvalue weighted by atomic mass is 9.88. The molecular formula is C22H21F2N3O3. The van der Waals surface area contributed by atoms with Crippen LogP contribution in [0.3, 0.4) is 0 Å². The monoisotopic (exact) mass is 413 g/mol. The van der Waals surface area contributed by atoms with E-state index in [1.54, 1.807) is 0 Å². The van der Waals surface area contributed by atoms with Crippen molar-refractivity contribution in [3.05, 3.63) is 70.8 Å². The Morgan fingerprint density at radius 1 is 1.13 bits per heavy atom. The van der Waals surface area contributed by atoms with Gasteiger partial charge in [0.25, 0.3) is 11.8 Å². The highest BCUT2D eigenvalue weighted by Crippen LogP contribution is 2.30. The molecule has 2 aromatic carbocycles. The Bertz CT molecular complexity index is 1020. The molecule has 2 heterocycles. The van der Waals surface area contributed by atoms with Gasteiger partial charge in [0.05, 0.1) is 18.7 Å². The molecule has 0 bridgehead atoms. The van der Waals surface area contributed by atoms with E-state index in [1.807, 2.05) is 31.2 Å². The quantitative estimate of drug-likeness (QED) is 0.787. The van der Waals surface area contributed by atoms with Crippen LogP contribution in [0.25, 0.3) is 0 Å². The second kappa shape index (κ2) is 7.51. The van der Waals surface area contributed by atoms with Gasteiger partial charge in [0.1, 0.15) is 17.2 Å². The smallest absolute Gasteiger partial charge is 0.325 e. The second-order valence-electron chi connectivity index (χ2n) is 7.84. The molecule has 0 radical (unpaired) electrons.